The maximum absolute atomic E-state index is 12.8. The van der Waals surface area contributed by atoms with Gasteiger partial charge in [0.2, 0.25) is 5.91 Å². The molecular formula is C24H23ClN2O4S. The van der Waals surface area contributed by atoms with Crippen LogP contribution < -0.4 is 14.4 Å². The maximum atomic E-state index is 12.8. The first-order valence-corrected chi connectivity index (χ1v) is 11.0. The maximum Gasteiger partial charge on any atom is 0.335 e. The Labute approximate surface area is 196 Å². The molecule has 0 aromatic heterocycles. The molecule has 0 saturated carbocycles. The molecule has 1 amide bonds. The number of nitrogens with zero attached hydrogens (tertiary/aromatic N) is 1. The van der Waals surface area contributed by atoms with Crippen molar-refractivity contribution in [1.82, 2.24) is 5.32 Å². The number of carboxylic acids is 1. The fourth-order valence-corrected chi connectivity index (χ4v) is 4.23. The van der Waals surface area contributed by atoms with Crippen LogP contribution >= 0.6 is 23.5 Å². The second-order valence-corrected chi connectivity index (χ2v) is 8.48. The van der Waals surface area contributed by atoms with Crippen molar-refractivity contribution in [2.24, 2.45) is 0 Å². The molecule has 0 atom stereocenters. The second-order valence-electron chi connectivity index (χ2n) is 6.97. The highest BCUT2D eigenvalue weighted by atomic mass is 35.5. The standard InChI is InChI=1S/C24H23ClN2O4S/c1-16-21(25)10-5-11-22(16)27(32-20-9-4-8-19(13-20)31-2)15-23(28)26-14-17-6-3-7-18(12-17)24(29)30/h3-13H,14-15H2,1-2H3,(H,26,28)(H,29,30). The molecule has 0 unspecified atom stereocenters. The Hall–Kier alpha value is -3.16. The monoisotopic (exact) mass is 470 g/mol. The van der Waals surface area contributed by atoms with Gasteiger partial charge >= 0.3 is 5.97 Å². The molecule has 0 bridgehead atoms. The summed E-state index contributed by atoms with van der Waals surface area (Å²) in [4.78, 5) is 24.9. The highest BCUT2D eigenvalue weighted by molar-refractivity contribution is 8.00. The van der Waals surface area contributed by atoms with Gasteiger partial charge in [-0.2, -0.15) is 0 Å². The first-order chi connectivity index (χ1) is 15.4. The average molecular weight is 471 g/mol. The Bertz CT molecular complexity index is 1120. The van der Waals surface area contributed by atoms with E-state index in [2.05, 4.69) is 5.32 Å². The summed E-state index contributed by atoms with van der Waals surface area (Å²) in [6.07, 6.45) is 0. The number of amides is 1. The fraction of sp³-hybridized carbons (Fsp3) is 0.167. The number of halogens is 1. The van der Waals surface area contributed by atoms with E-state index in [1.807, 2.05) is 53.7 Å². The van der Waals surface area contributed by atoms with Crippen molar-refractivity contribution in [2.45, 2.75) is 18.4 Å². The third-order valence-electron chi connectivity index (χ3n) is 4.72. The summed E-state index contributed by atoms with van der Waals surface area (Å²) < 4.78 is 7.18. The van der Waals surface area contributed by atoms with Crippen LogP contribution in [0.25, 0.3) is 0 Å². The second kappa shape index (κ2) is 10.9. The van der Waals surface area contributed by atoms with Crippen molar-refractivity contribution in [3.05, 3.63) is 88.4 Å². The fourth-order valence-electron chi connectivity index (χ4n) is 3.02. The van der Waals surface area contributed by atoms with Crippen LogP contribution in [0.15, 0.2) is 71.6 Å². The van der Waals surface area contributed by atoms with E-state index in [0.717, 1.165) is 21.9 Å². The van der Waals surface area contributed by atoms with E-state index in [-0.39, 0.29) is 24.6 Å². The number of methoxy groups -OCH3 is 1. The van der Waals surface area contributed by atoms with Gasteiger partial charge in [0.15, 0.2) is 0 Å². The van der Waals surface area contributed by atoms with Gasteiger partial charge in [-0.25, -0.2) is 4.79 Å². The summed E-state index contributed by atoms with van der Waals surface area (Å²) in [5.74, 6) is -0.489. The van der Waals surface area contributed by atoms with Crippen molar-refractivity contribution in [3.8, 4) is 5.75 Å². The predicted molar refractivity (Wildman–Crippen MR) is 128 cm³/mol. The van der Waals surface area contributed by atoms with Crippen molar-refractivity contribution < 1.29 is 19.4 Å². The van der Waals surface area contributed by atoms with Crippen molar-refractivity contribution in [1.29, 1.82) is 0 Å². The third kappa shape index (κ3) is 6.18. The van der Waals surface area contributed by atoms with Gasteiger partial charge in [-0.1, -0.05) is 35.9 Å². The largest absolute Gasteiger partial charge is 0.497 e. The molecule has 3 aromatic carbocycles. The summed E-state index contributed by atoms with van der Waals surface area (Å²) in [5, 5.41) is 12.6. The molecule has 6 nitrogen and oxygen atoms in total. The molecule has 3 rings (SSSR count). The Kier molecular flexibility index (Phi) is 8.03. The number of carbonyl (C=O) groups is 2. The van der Waals surface area contributed by atoms with Gasteiger partial charge in [-0.3, -0.25) is 4.79 Å². The van der Waals surface area contributed by atoms with Crippen LogP contribution in [0.5, 0.6) is 5.75 Å². The molecule has 0 fully saturated rings. The number of ether oxygens (including phenoxy) is 1. The van der Waals surface area contributed by atoms with E-state index >= 15 is 0 Å². The zero-order valence-electron chi connectivity index (χ0n) is 17.7. The smallest absolute Gasteiger partial charge is 0.335 e. The topological polar surface area (TPSA) is 78.9 Å². The molecule has 0 aliphatic rings. The summed E-state index contributed by atoms with van der Waals surface area (Å²) in [6.45, 7) is 2.21. The van der Waals surface area contributed by atoms with Crippen LogP contribution in [0.3, 0.4) is 0 Å². The number of rotatable bonds is 9. The van der Waals surface area contributed by atoms with Gasteiger partial charge in [-0.15, -0.1) is 0 Å². The number of aromatic carboxylic acids is 1. The summed E-state index contributed by atoms with van der Waals surface area (Å²) in [7, 11) is 1.61. The summed E-state index contributed by atoms with van der Waals surface area (Å²) in [6, 6.07) is 19.6. The van der Waals surface area contributed by atoms with Crippen LogP contribution in [0.4, 0.5) is 5.69 Å². The molecule has 166 valence electrons. The number of nitrogens with one attached hydrogen (secondary N) is 1. The van der Waals surface area contributed by atoms with Crippen molar-refractivity contribution in [2.75, 3.05) is 18.0 Å². The molecule has 8 heteroatoms. The minimum atomic E-state index is -1.00. The first-order valence-electron chi connectivity index (χ1n) is 9.81. The highest BCUT2D eigenvalue weighted by Crippen LogP contribution is 2.34. The van der Waals surface area contributed by atoms with Crippen LogP contribution in [0, 0.1) is 6.92 Å². The Morgan fingerprint density at radius 2 is 1.84 bits per heavy atom. The van der Waals surface area contributed by atoms with Gasteiger partial charge in [0, 0.05) is 16.5 Å². The molecule has 0 radical (unpaired) electrons. The lowest BCUT2D eigenvalue weighted by Crippen LogP contribution is -2.34. The van der Waals surface area contributed by atoms with E-state index in [4.69, 9.17) is 21.4 Å². The van der Waals surface area contributed by atoms with Gasteiger partial charge in [-0.05, 0) is 72.5 Å². The minimum Gasteiger partial charge on any atom is -0.497 e. The number of anilines is 1. The lowest BCUT2D eigenvalue weighted by molar-refractivity contribution is -0.119. The molecule has 0 saturated heterocycles. The molecule has 32 heavy (non-hydrogen) atoms. The van der Waals surface area contributed by atoms with E-state index in [1.54, 1.807) is 25.3 Å². The number of carbonyl (C=O) groups excluding carboxylic acids is 1. The number of carboxylic acid groups (broad SMARTS) is 1. The van der Waals surface area contributed by atoms with Crippen molar-refractivity contribution in [3.63, 3.8) is 0 Å². The number of hydrogen-bond donors (Lipinski definition) is 2. The van der Waals surface area contributed by atoms with Crippen molar-refractivity contribution >= 4 is 41.1 Å². The van der Waals surface area contributed by atoms with Gasteiger partial charge in [0.05, 0.1) is 18.4 Å². The minimum absolute atomic E-state index is 0.0711. The Morgan fingerprint density at radius 3 is 2.59 bits per heavy atom. The quantitative estimate of drug-likeness (QED) is 0.419. The third-order valence-corrected chi connectivity index (χ3v) is 6.14. The van der Waals surface area contributed by atoms with Crippen LogP contribution in [-0.2, 0) is 11.3 Å². The Morgan fingerprint density at radius 1 is 1.09 bits per heavy atom. The van der Waals surface area contributed by atoms with Gasteiger partial charge < -0.3 is 19.5 Å². The van der Waals surface area contributed by atoms with Crippen LogP contribution in [0.1, 0.15) is 21.5 Å². The number of hydrogen-bond acceptors (Lipinski definition) is 5. The molecular weight excluding hydrogens is 448 g/mol. The van der Waals surface area contributed by atoms with E-state index < -0.39 is 5.97 Å². The molecule has 0 spiro atoms. The molecule has 3 aromatic rings. The summed E-state index contributed by atoms with van der Waals surface area (Å²) in [5.41, 5.74) is 2.59. The molecule has 2 N–H and O–H groups in total. The van der Waals surface area contributed by atoms with E-state index in [9.17, 15) is 9.59 Å². The average Bonchev–Trinajstić information content (AvgIpc) is 2.79. The lowest BCUT2D eigenvalue weighted by Gasteiger charge is -2.25. The van der Waals surface area contributed by atoms with Crippen LogP contribution in [-0.4, -0.2) is 30.6 Å². The molecule has 0 aliphatic heterocycles. The normalized spacial score (nSPS) is 10.5. The molecule has 0 heterocycles. The zero-order valence-corrected chi connectivity index (χ0v) is 19.2. The Balaban J connectivity index is 1.77. The van der Waals surface area contributed by atoms with Crippen LogP contribution in [0.2, 0.25) is 5.02 Å². The first kappa shape index (κ1) is 23.5. The van der Waals surface area contributed by atoms with Gasteiger partial charge in [0.1, 0.15) is 12.3 Å². The highest BCUT2D eigenvalue weighted by Gasteiger charge is 2.17. The van der Waals surface area contributed by atoms with E-state index in [0.29, 0.717) is 10.6 Å². The predicted octanol–water partition coefficient (Wildman–Crippen LogP) is 5.19. The van der Waals surface area contributed by atoms with Gasteiger partial charge in [0.25, 0.3) is 0 Å². The molecule has 0 aliphatic carbocycles. The number of benzene rings is 3. The SMILES string of the molecule is COc1cccc(SN(CC(=O)NCc2cccc(C(=O)O)c2)c2cccc(Cl)c2C)c1. The lowest BCUT2D eigenvalue weighted by atomic mass is 10.1. The van der Waals surface area contributed by atoms with E-state index in [1.165, 1.54) is 18.0 Å². The zero-order chi connectivity index (χ0) is 23.1. The summed E-state index contributed by atoms with van der Waals surface area (Å²) >= 11 is 7.73.